The van der Waals surface area contributed by atoms with E-state index in [9.17, 15) is 0 Å². The standard InChI is InChI=1S/C13H18ClN/c1-3-15-13(10-7-8-10)11-6-4-5-9(2)12(11)14/h4-6,10,13,15H,3,7-8H2,1-2H3. The van der Waals surface area contributed by atoms with Crippen molar-refractivity contribution >= 4 is 11.6 Å². The van der Waals surface area contributed by atoms with Gasteiger partial charge in [-0.1, -0.05) is 36.7 Å². The molecule has 2 rings (SSSR count). The van der Waals surface area contributed by atoms with Gasteiger partial charge in [0.15, 0.2) is 0 Å². The van der Waals surface area contributed by atoms with Gasteiger partial charge >= 0.3 is 0 Å². The summed E-state index contributed by atoms with van der Waals surface area (Å²) in [5, 5.41) is 4.48. The van der Waals surface area contributed by atoms with Gasteiger partial charge in [-0.3, -0.25) is 0 Å². The first-order valence-electron chi connectivity index (χ1n) is 5.72. The van der Waals surface area contributed by atoms with Crippen molar-refractivity contribution in [2.75, 3.05) is 6.54 Å². The van der Waals surface area contributed by atoms with Crippen LogP contribution in [0.5, 0.6) is 0 Å². The van der Waals surface area contributed by atoms with Gasteiger partial charge in [0.05, 0.1) is 0 Å². The minimum atomic E-state index is 0.461. The molecule has 1 atom stereocenters. The highest BCUT2D eigenvalue weighted by molar-refractivity contribution is 6.32. The fraction of sp³-hybridized carbons (Fsp3) is 0.538. The lowest BCUT2D eigenvalue weighted by molar-refractivity contribution is 0.496. The van der Waals surface area contributed by atoms with Crippen molar-refractivity contribution in [1.29, 1.82) is 0 Å². The van der Waals surface area contributed by atoms with Gasteiger partial charge in [-0.2, -0.15) is 0 Å². The Morgan fingerprint density at radius 3 is 2.80 bits per heavy atom. The van der Waals surface area contributed by atoms with Crippen molar-refractivity contribution in [3.63, 3.8) is 0 Å². The lowest BCUT2D eigenvalue weighted by atomic mass is 10.0. The first-order chi connectivity index (χ1) is 7.24. The van der Waals surface area contributed by atoms with Crippen LogP contribution in [0, 0.1) is 12.8 Å². The second-order valence-electron chi connectivity index (χ2n) is 4.35. The average Bonchev–Trinajstić information content (AvgIpc) is 3.03. The van der Waals surface area contributed by atoms with Crippen LogP contribution >= 0.6 is 11.6 Å². The van der Waals surface area contributed by atoms with E-state index in [4.69, 9.17) is 11.6 Å². The van der Waals surface area contributed by atoms with Crippen molar-refractivity contribution in [2.45, 2.75) is 32.7 Å². The molecular formula is C13H18ClN. The molecule has 1 aliphatic carbocycles. The average molecular weight is 224 g/mol. The maximum atomic E-state index is 6.36. The van der Waals surface area contributed by atoms with E-state index in [2.05, 4.69) is 37.4 Å². The molecule has 82 valence electrons. The molecule has 1 nitrogen and oxygen atoms in total. The minimum Gasteiger partial charge on any atom is -0.310 e. The van der Waals surface area contributed by atoms with Crippen LogP contribution in [0.3, 0.4) is 0 Å². The van der Waals surface area contributed by atoms with Crippen LogP contribution in [-0.2, 0) is 0 Å². The number of hydrogen-bond donors (Lipinski definition) is 1. The first kappa shape index (κ1) is 11.0. The summed E-state index contributed by atoms with van der Waals surface area (Å²) in [5.74, 6) is 0.796. The molecule has 1 saturated carbocycles. The van der Waals surface area contributed by atoms with Gasteiger partial charge in [0.2, 0.25) is 0 Å². The van der Waals surface area contributed by atoms with Gasteiger partial charge in [0.1, 0.15) is 0 Å². The number of benzene rings is 1. The van der Waals surface area contributed by atoms with Crippen LogP contribution in [0.25, 0.3) is 0 Å². The quantitative estimate of drug-likeness (QED) is 0.821. The molecule has 1 aromatic rings. The van der Waals surface area contributed by atoms with E-state index in [-0.39, 0.29) is 0 Å². The predicted molar refractivity (Wildman–Crippen MR) is 65.3 cm³/mol. The number of nitrogens with one attached hydrogen (secondary N) is 1. The third kappa shape index (κ3) is 2.35. The normalized spacial score (nSPS) is 17.8. The third-order valence-electron chi connectivity index (χ3n) is 3.07. The van der Waals surface area contributed by atoms with E-state index in [1.54, 1.807) is 0 Å². The van der Waals surface area contributed by atoms with Crippen molar-refractivity contribution in [2.24, 2.45) is 5.92 Å². The Labute approximate surface area is 96.8 Å². The molecule has 1 fully saturated rings. The summed E-state index contributed by atoms with van der Waals surface area (Å²) in [7, 11) is 0. The molecule has 0 saturated heterocycles. The Morgan fingerprint density at radius 1 is 1.47 bits per heavy atom. The smallest absolute Gasteiger partial charge is 0.0483 e. The summed E-state index contributed by atoms with van der Waals surface area (Å²) in [6, 6.07) is 6.79. The van der Waals surface area contributed by atoms with E-state index < -0.39 is 0 Å². The Morgan fingerprint density at radius 2 is 2.20 bits per heavy atom. The molecule has 1 N–H and O–H groups in total. The van der Waals surface area contributed by atoms with Crippen molar-refractivity contribution < 1.29 is 0 Å². The molecule has 0 aromatic heterocycles. The summed E-state index contributed by atoms with van der Waals surface area (Å²) < 4.78 is 0. The highest BCUT2D eigenvalue weighted by Crippen LogP contribution is 2.43. The summed E-state index contributed by atoms with van der Waals surface area (Å²) >= 11 is 6.36. The monoisotopic (exact) mass is 223 g/mol. The molecule has 0 bridgehead atoms. The Bertz CT molecular complexity index is 344. The molecule has 2 heteroatoms. The maximum absolute atomic E-state index is 6.36. The second kappa shape index (κ2) is 4.54. The van der Waals surface area contributed by atoms with E-state index in [1.165, 1.54) is 24.0 Å². The highest BCUT2D eigenvalue weighted by atomic mass is 35.5. The van der Waals surface area contributed by atoms with Crippen molar-refractivity contribution in [3.8, 4) is 0 Å². The maximum Gasteiger partial charge on any atom is 0.0483 e. The van der Waals surface area contributed by atoms with Crippen LogP contribution in [0.2, 0.25) is 5.02 Å². The van der Waals surface area contributed by atoms with E-state index in [1.807, 2.05) is 0 Å². The number of hydrogen-bond acceptors (Lipinski definition) is 1. The fourth-order valence-corrected chi connectivity index (χ4v) is 2.33. The van der Waals surface area contributed by atoms with Gasteiger partial charge in [0, 0.05) is 11.1 Å². The first-order valence-corrected chi connectivity index (χ1v) is 6.10. The molecule has 1 aliphatic rings. The molecule has 0 radical (unpaired) electrons. The zero-order valence-corrected chi connectivity index (χ0v) is 10.1. The molecule has 1 unspecified atom stereocenters. The summed E-state index contributed by atoms with van der Waals surface area (Å²) in [4.78, 5) is 0. The zero-order chi connectivity index (χ0) is 10.8. The molecule has 0 aliphatic heterocycles. The minimum absolute atomic E-state index is 0.461. The Balaban J connectivity index is 2.28. The molecular weight excluding hydrogens is 206 g/mol. The predicted octanol–water partition coefficient (Wildman–Crippen LogP) is 3.71. The largest absolute Gasteiger partial charge is 0.310 e. The van der Waals surface area contributed by atoms with Gasteiger partial charge in [0.25, 0.3) is 0 Å². The van der Waals surface area contributed by atoms with Crippen LogP contribution in [0.15, 0.2) is 18.2 Å². The third-order valence-corrected chi connectivity index (χ3v) is 3.59. The van der Waals surface area contributed by atoms with Crippen molar-refractivity contribution in [1.82, 2.24) is 5.32 Å². The molecule has 0 amide bonds. The SMILES string of the molecule is CCNC(c1cccc(C)c1Cl)C1CC1. The van der Waals surface area contributed by atoms with Gasteiger partial charge in [-0.25, -0.2) is 0 Å². The molecule has 0 spiro atoms. The van der Waals surface area contributed by atoms with E-state index in [0.29, 0.717) is 6.04 Å². The van der Waals surface area contributed by atoms with Gasteiger partial charge in [-0.05, 0) is 43.4 Å². The van der Waals surface area contributed by atoms with Crippen molar-refractivity contribution in [3.05, 3.63) is 34.3 Å². The van der Waals surface area contributed by atoms with Crippen LogP contribution in [0.4, 0.5) is 0 Å². The van der Waals surface area contributed by atoms with Crippen LogP contribution in [0.1, 0.15) is 36.9 Å². The van der Waals surface area contributed by atoms with Crippen LogP contribution < -0.4 is 5.32 Å². The summed E-state index contributed by atoms with van der Waals surface area (Å²) in [5.41, 5.74) is 2.46. The summed E-state index contributed by atoms with van der Waals surface area (Å²) in [6.45, 7) is 5.23. The lowest BCUT2D eigenvalue weighted by Crippen LogP contribution is -2.23. The number of aryl methyl sites for hydroxylation is 1. The number of rotatable bonds is 4. The van der Waals surface area contributed by atoms with E-state index in [0.717, 1.165) is 17.5 Å². The second-order valence-corrected chi connectivity index (χ2v) is 4.73. The van der Waals surface area contributed by atoms with Gasteiger partial charge in [-0.15, -0.1) is 0 Å². The highest BCUT2D eigenvalue weighted by Gasteiger charge is 2.32. The molecule has 1 aromatic carbocycles. The number of halogens is 1. The molecule has 0 heterocycles. The fourth-order valence-electron chi connectivity index (χ4n) is 2.09. The molecule has 15 heavy (non-hydrogen) atoms. The topological polar surface area (TPSA) is 12.0 Å². The van der Waals surface area contributed by atoms with Crippen LogP contribution in [-0.4, -0.2) is 6.54 Å². The zero-order valence-electron chi connectivity index (χ0n) is 9.39. The summed E-state index contributed by atoms with van der Waals surface area (Å²) in [6.07, 6.45) is 2.67. The Hall–Kier alpha value is -0.530. The van der Waals surface area contributed by atoms with E-state index >= 15 is 0 Å². The lowest BCUT2D eigenvalue weighted by Gasteiger charge is -2.19. The van der Waals surface area contributed by atoms with Gasteiger partial charge < -0.3 is 5.32 Å². The Kier molecular flexibility index (Phi) is 3.32.